The van der Waals surface area contributed by atoms with Crippen molar-refractivity contribution in [3.63, 3.8) is 0 Å². The molecule has 6 nitrogen and oxygen atoms in total. The molecule has 19 heavy (non-hydrogen) atoms. The van der Waals surface area contributed by atoms with Gasteiger partial charge in [0.25, 0.3) is 0 Å². The average Bonchev–Trinajstić information content (AvgIpc) is 2.81. The summed E-state index contributed by atoms with van der Waals surface area (Å²) >= 11 is 5.16. The first-order chi connectivity index (χ1) is 9.15. The highest BCUT2D eigenvalue weighted by atomic mass is 32.1. The van der Waals surface area contributed by atoms with E-state index in [-0.39, 0.29) is 5.97 Å². The van der Waals surface area contributed by atoms with Gasteiger partial charge in [-0.1, -0.05) is 6.07 Å². The second-order valence-electron chi connectivity index (χ2n) is 3.87. The Morgan fingerprint density at radius 1 is 1.58 bits per heavy atom. The molecule has 0 radical (unpaired) electrons. The molecule has 0 amide bonds. The number of nitrogens with one attached hydrogen (secondary N) is 1. The van der Waals surface area contributed by atoms with Gasteiger partial charge in [0.05, 0.1) is 6.61 Å². The second kappa shape index (κ2) is 5.75. The van der Waals surface area contributed by atoms with E-state index in [4.69, 9.17) is 17.0 Å². The molecule has 0 aliphatic carbocycles. The predicted molar refractivity (Wildman–Crippen MR) is 72.0 cm³/mol. The van der Waals surface area contributed by atoms with Crippen LogP contribution in [0.25, 0.3) is 11.5 Å². The fraction of sp³-hybridized carbons (Fsp3) is 0.333. The normalized spacial score (nSPS) is 12.1. The smallest absolute Gasteiger partial charge is 0.328 e. The summed E-state index contributed by atoms with van der Waals surface area (Å²) in [4.78, 5) is 16.0. The zero-order valence-electron chi connectivity index (χ0n) is 10.7. The Balaban J connectivity index is 2.44. The topological polar surface area (TPSA) is 72.8 Å². The minimum absolute atomic E-state index is 0.327. The van der Waals surface area contributed by atoms with E-state index in [0.29, 0.717) is 22.9 Å². The Bertz CT molecular complexity index is 620. The summed E-state index contributed by atoms with van der Waals surface area (Å²) in [5.41, 5.74) is 0.644. The molecule has 1 atom stereocenters. The number of pyridine rings is 1. The predicted octanol–water partition coefficient (Wildman–Crippen LogP) is 2.13. The first-order valence-corrected chi connectivity index (χ1v) is 6.31. The highest BCUT2D eigenvalue weighted by molar-refractivity contribution is 7.71. The van der Waals surface area contributed by atoms with Gasteiger partial charge in [0, 0.05) is 6.20 Å². The fourth-order valence-corrected chi connectivity index (χ4v) is 2.00. The number of esters is 1. The Labute approximate surface area is 115 Å². The third kappa shape index (κ3) is 2.70. The minimum atomic E-state index is -0.553. The molecule has 0 bridgehead atoms. The summed E-state index contributed by atoms with van der Waals surface area (Å²) in [5, 5.41) is 6.81. The zero-order valence-corrected chi connectivity index (χ0v) is 11.5. The van der Waals surface area contributed by atoms with E-state index in [1.54, 1.807) is 30.7 Å². The molecule has 7 heteroatoms. The molecule has 0 aromatic carbocycles. The molecule has 0 aliphatic heterocycles. The van der Waals surface area contributed by atoms with Gasteiger partial charge in [0.15, 0.2) is 10.6 Å². The van der Waals surface area contributed by atoms with Gasteiger partial charge in [-0.05, 0) is 38.2 Å². The van der Waals surface area contributed by atoms with Gasteiger partial charge >= 0.3 is 5.97 Å². The van der Waals surface area contributed by atoms with Crippen molar-refractivity contribution in [2.24, 2.45) is 0 Å². The average molecular weight is 278 g/mol. The molecule has 0 aliphatic rings. The maximum absolute atomic E-state index is 11.8. The highest BCUT2D eigenvalue weighted by Gasteiger charge is 2.22. The van der Waals surface area contributed by atoms with Crippen LogP contribution >= 0.6 is 12.2 Å². The maximum atomic E-state index is 11.8. The van der Waals surface area contributed by atoms with Gasteiger partial charge in [-0.25, -0.2) is 4.79 Å². The van der Waals surface area contributed by atoms with Crippen LogP contribution in [0.5, 0.6) is 0 Å². The van der Waals surface area contributed by atoms with Crippen molar-refractivity contribution in [1.82, 2.24) is 19.7 Å². The van der Waals surface area contributed by atoms with Gasteiger partial charge in [-0.3, -0.25) is 14.6 Å². The van der Waals surface area contributed by atoms with E-state index < -0.39 is 6.04 Å². The van der Waals surface area contributed by atoms with Crippen molar-refractivity contribution in [3.8, 4) is 11.5 Å². The standard InChI is InChI=1S/C12H14N4O2S/c1-3-18-11(17)8(2)16-10(14-15-12(16)19)9-6-4-5-7-13-9/h4-8H,3H2,1-2H3,(H,15,19). The van der Waals surface area contributed by atoms with Gasteiger partial charge in [-0.15, -0.1) is 0 Å². The lowest BCUT2D eigenvalue weighted by atomic mass is 10.3. The van der Waals surface area contributed by atoms with Crippen LogP contribution in [0.4, 0.5) is 0 Å². The molecule has 2 aromatic rings. The molecule has 2 rings (SSSR count). The Morgan fingerprint density at radius 2 is 2.37 bits per heavy atom. The van der Waals surface area contributed by atoms with E-state index in [1.165, 1.54) is 0 Å². The first-order valence-electron chi connectivity index (χ1n) is 5.90. The first kappa shape index (κ1) is 13.4. The lowest BCUT2D eigenvalue weighted by Crippen LogP contribution is -2.20. The van der Waals surface area contributed by atoms with Crippen LogP contribution in [0.15, 0.2) is 24.4 Å². The molecule has 0 saturated carbocycles. The molecule has 0 saturated heterocycles. The Morgan fingerprint density at radius 3 is 3.00 bits per heavy atom. The van der Waals surface area contributed by atoms with Crippen molar-refractivity contribution in [2.45, 2.75) is 19.9 Å². The lowest BCUT2D eigenvalue weighted by molar-refractivity contribution is -0.146. The minimum Gasteiger partial charge on any atom is -0.464 e. The Kier molecular flexibility index (Phi) is 4.06. The van der Waals surface area contributed by atoms with E-state index in [1.807, 2.05) is 12.1 Å². The molecule has 1 unspecified atom stereocenters. The number of hydrogen-bond acceptors (Lipinski definition) is 5. The largest absolute Gasteiger partial charge is 0.464 e. The fourth-order valence-electron chi connectivity index (χ4n) is 1.71. The van der Waals surface area contributed by atoms with Crippen molar-refractivity contribution in [3.05, 3.63) is 29.2 Å². The number of carbonyl (C=O) groups is 1. The number of carbonyl (C=O) groups excluding carboxylic acids is 1. The van der Waals surface area contributed by atoms with E-state index in [2.05, 4.69) is 15.2 Å². The number of rotatable bonds is 4. The number of aromatic amines is 1. The van der Waals surface area contributed by atoms with Crippen molar-refractivity contribution in [2.75, 3.05) is 6.61 Å². The van der Waals surface area contributed by atoms with E-state index in [0.717, 1.165) is 0 Å². The highest BCUT2D eigenvalue weighted by Crippen LogP contribution is 2.19. The number of ether oxygens (including phenoxy) is 1. The second-order valence-corrected chi connectivity index (χ2v) is 4.25. The van der Waals surface area contributed by atoms with Crippen LogP contribution in [-0.2, 0) is 9.53 Å². The molecular weight excluding hydrogens is 264 g/mol. The van der Waals surface area contributed by atoms with Crippen molar-refractivity contribution >= 4 is 18.2 Å². The summed E-state index contributed by atoms with van der Waals surface area (Å²) in [6, 6.07) is 4.91. The maximum Gasteiger partial charge on any atom is 0.328 e. The number of aromatic nitrogens is 4. The summed E-state index contributed by atoms with van der Waals surface area (Å²) in [6.07, 6.45) is 1.66. The lowest BCUT2D eigenvalue weighted by Gasteiger charge is -2.13. The van der Waals surface area contributed by atoms with Crippen molar-refractivity contribution in [1.29, 1.82) is 0 Å². The number of hydrogen-bond donors (Lipinski definition) is 1. The Hall–Kier alpha value is -2.02. The number of H-pyrrole nitrogens is 1. The summed E-state index contributed by atoms with van der Waals surface area (Å²) in [5.74, 6) is 0.170. The quantitative estimate of drug-likeness (QED) is 0.685. The third-order valence-electron chi connectivity index (χ3n) is 2.61. The van der Waals surface area contributed by atoms with E-state index >= 15 is 0 Å². The molecule has 2 aromatic heterocycles. The zero-order chi connectivity index (χ0) is 13.8. The van der Waals surface area contributed by atoms with E-state index in [9.17, 15) is 4.79 Å². The summed E-state index contributed by atoms with van der Waals surface area (Å²) in [6.45, 7) is 3.81. The number of nitrogens with zero attached hydrogens (tertiary/aromatic N) is 3. The van der Waals surface area contributed by atoms with Gasteiger partial charge in [0.2, 0.25) is 0 Å². The molecule has 2 heterocycles. The van der Waals surface area contributed by atoms with Crippen LogP contribution in [0.3, 0.4) is 0 Å². The van der Waals surface area contributed by atoms with Crippen LogP contribution in [0.1, 0.15) is 19.9 Å². The molecule has 0 spiro atoms. The SMILES string of the molecule is CCOC(=O)C(C)n1c(-c2ccccn2)n[nH]c1=S. The van der Waals surface area contributed by atoms with Gasteiger partial charge in [-0.2, -0.15) is 5.10 Å². The van der Waals surface area contributed by atoms with Crippen LogP contribution in [-0.4, -0.2) is 32.3 Å². The third-order valence-corrected chi connectivity index (χ3v) is 2.90. The van der Waals surface area contributed by atoms with Crippen LogP contribution in [0.2, 0.25) is 0 Å². The van der Waals surface area contributed by atoms with Crippen LogP contribution in [0, 0.1) is 4.77 Å². The monoisotopic (exact) mass is 278 g/mol. The molecule has 0 fully saturated rings. The molecule has 100 valence electrons. The van der Waals surface area contributed by atoms with Gasteiger partial charge < -0.3 is 4.74 Å². The van der Waals surface area contributed by atoms with Gasteiger partial charge in [0.1, 0.15) is 11.7 Å². The molecule has 1 N–H and O–H groups in total. The van der Waals surface area contributed by atoms with Crippen LogP contribution < -0.4 is 0 Å². The summed E-state index contributed by atoms with van der Waals surface area (Å²) in [7, 11) is 0. The van der Waals surface area contributed by atoms with Crippen molar-refractivity contribution < 1.29 is 9.53 Å². The summed E-state index contributed by atoms with van der Waals surface area (Å²) < 4.78 is 6.97. The molecular formula is C12H14N4O2S.